The van der Waals surface area contributed by atoms with Crippen LogP contribution in [0.3, 0.4) is 0 Å². The molecular formula is C21H20FN3O3. The monoisotopic (exact) mass is 381 g/mol. The summed E-state index contributed by atoms with van der Waals surface area (Å²) in [6.45, 7) is 5.17. The Balaban J connectivity index is 2.03. The first-order chi connectivity index (χ1) is 13.2. The van der Waals surface area contributed by atoms with Gasteiger partial charge in [-0.2, -0.15) is 5.26 Å². The van der Waals surface area contributed by atoms with Crippen LogP contribution in [-0.4, -0.2) is 17.6 Å². The van der Waals surface area contributed by atoms with Gasteiger partial charge in [0.2, 0.25) is 5.54 Å². The summed E-state index contributed by atoms with van der Waals surface area (Å²) >= 11 is 0. The number of amides is 2. The molecule has 0 aromatic heterocycles. The maximum Gasteiger partial charge on any atom is 0.409 e. The summed E-state index contributed by atoms with van der Waals surface area (Å²) in [6.07, 6.45) is -0.931. The molecule has 1 atom stereocenters. The normalized spacial score (nSPS) is 18.4. The molecule has 0 saturated carbocycles. The summed E-state index contributed by atoms with van der Waals surface area (Å²) in [6, 6.07) is 14.8. The number of hydrogen-bond acceptors (Lipinski definition) is 4. The lowest BCUT2D eigenvalue weighted by Gasteiger charge is -2.26. The summed E-state index contributed by atoms with van der Waals surface area (Å²) in [4.78, 5) is 26.9. The van der Waals surface area contributed by atoms with Crippen molar-refractivity contribution in [2.45, 2.75) is 38.5 Å². The highest BCUT2D eigenvalue weighted by Gasteiger charge is 2.53. The van der Waals surface area contributed by atoms with E-state index in [2.05, 4.69) is 5.32 Å². The molecule has 7 heteroatoms. The molecule has 0 saturated heterocycles. The quantitative estimate of drug-likeness (QED) is 0.880. The van der Waals surface area contributed by atoms with Crippen LogP contribution in [0.4, 0.5) is 14.9 Å². The number of nitrogens with zero attached hydrogens (tertiary/aromatic N) is 2. The van der Waals surface area contributed by atoms with Gasteiger partial charge in [0.1, 0.15) is 17.5 Å². The average Bonchev–Trinajstić information content (AvgIpc) is 2.83. The van der Waals surface area contributed by atoms with Crippen molar-refractivity contribution >= 4 is 17.7 Å². The number of anilines is 1. The lowest BCUT2D eigenvalue weighted by Crippen LogP contribution is -2.53. The average molecular weight is 381 g/mol. The number of carbonyl (C=O) groups excluding carboxylic acids is 2. The molecule has 1 heterocycles. The topological polar surface area (TPSA) is 82.4 Å². The number of halogens is 1. The summed E-state index contributed by atoms with van der Waals surface area (Å²) in [5.41, 5.74) is -1.60. The lowest BCUT2D eigenvalue weighted by atomic mass is 9.93. The molecule has 2 aromatic carbocycles. The molecule has 0 bridgehead atoms. The van der Waals surface area contributed by atoms with Crippen molar-refractivity contribution in [1.29, 1.82) is 5.26 Å². The molecule has 2 amide bonds. The molecule has 28 heavy (non-hydrogen) atoms. The second-order valence-electron chi connectivity index (χ2n) is 7.53. The van der Waals surface area contributed by atoms with E-state index in [-0.39, 0.29) is 12.1 Å². The highest BCUT2D eigenvalue weighted by molar-refractivity contribution is 6.11. The zero-order valence-electron chi connectivity index (χ0n) is 15.8. The minimum Gasteiger partial charge on any atom is -0.444 e. The molecule has 2 aromatic rings. The number of nitriles is 1. The molecule has 3 rings (SSSR count). The molecule has 1 N–H and O–H groups in total. The van der Waals surface area contributed by atoms with Gasteiger partial charge in [-0.15, -0.1) is 0 Å². The third-order valence-corrected chi connectivity index (χ3v) is 4.26. The molecule has 0 radical (unpaired) electrons. The Hall–Kier alpha value is -3.40. The van der Waals surface area contributed by atoms with Crippen LogP contribution in [0.5, 0.6) is 0 Å². The summed E-state index contributed by atoms with van der Waals surface area (Å²) in [5, 5.41) is 12.2. The Morgan fingerprint density at radius 2 is 1.93 bits per heavy atom. The van der Waals surface area contributed by atoms with Gasteiger partial charge in [0.25, 0.3) is 5.91 Å². The van der Waals surface area contributed by atoms with Gasteiger partial charge >= 0.3 is 6.09 Å². The fourth-order valence-corrected chi connectivity index (χ4v) is 3.11. The van der Waals surface area contributed by atoms with Crippen molar-refractivity contribution in [3.8, 4) is 6.07 Å². The van der Waals surface area contributed by atoms with Crippen LogP contribution in [0.25, 0.3) is 0 Å². The number of carbonyl (C=O) groups is 2. The zero-order valence-corrected chi connectivity index (χ0v) is 15.8. The molecule has 0 aliphatic carbocycles. The number of nitrogens with one attached hydrogen (secondary N) is 1. The first kappa shape index (κ1) is 19.4. The number of hydrogen-bond donors (Lipinski definition) is 1. The first-order valence-electron chi connectivity index (χ1n) is 8.74. The van der Waals surface area contributed by atoms with Gasteiger partial charge in [0.15, 0.2) is 0 Å². The lowest BCUT2D eigenvalue weighted by molar-refractivity contribution is -0.122. The van der Waals surface area contributed by atoms with Gasteiger partial charge < -0.3 is 9.64 Å². The van der Waals surface area contributed by atoms with Gasteiger partial charge in [-0.25, -0.2) is 9.18 Å². The smallest absolute Gasteiger partial charge is 0.409 e. The molecule has 1 aliphatic rings. The minimum atomic E-state index is -2.06. The van der Waals surface area contributed by atoms with Crippen LogP contribution in [0.1, 0.15) is 31.9 Å². The third-order valence-electron chi connectivity index (χ3n) is 4.26. The van der Waals surface area contributed by atoms with Crippen LogP contribution < -0.4 is 10.2 Å². The standard InChI is InChI=1S/C21H20FN3O3/c1-20(2,3)28-19(27)24-21(13-23)16-11-15(22)9-10-17(16)25(18(21)26)12-14-7-5-4-6-8-14/h4-11H,12H2,1-3H3,(H,24,27)/t21-/m0/s1. The number of alkyl carbamates (subject to hydrolysis) is 1. The fraction of sp³-hybridized carbons (Fsp3) is 0.286. The van der Waals surface area contributed by atoms with Gasteiger partial charge in [-0.1, -0.05) is 30.3 Å². The fourth-order valence-electron chi connectivity index (χ4n) is 3.11. The van der Waals surface area contributed by atoms with E-state index >= 15 is 0 Å². The van der Waals surface area contributed by atoms with Gasteiger partial charge in [0, 0.05) is 5.56 Å². The van der Waals surface area contributed by atoms with Gasteiger partial charge in [-0.05, 0) is 44.5 Å². The molecule has 0 spiro atoms. The van der Waals surface area contributed by atoms with Crippen LogP contribution >= 0.6 is 0 Å². The van der Waals surface area contributed by atoms with E-state index in [1.54, 1.807) is 20.8 Å². The highest BCUT2D eigenvalue weighted by atomic mass is 19.1. The van der Waals surface area contributed by atoms with Crippen molar-refractivity contribution in [1.82, 2.24) is 5.32 Å². The number of fused-ring (bicyclic) bond motifs is 1. The second-order valence-corrected chi connectivity index (χ2v) is 7.53. The van der Waals surface area contributed by atoms with Gasteiger partial charge in [-0.3, -0.25) is 10.1 Å². The summed E-state index contributed by atoms with van der Waals surface area (Å²) in [5.74, 6) is -1.27. The van der Waals surface area contributed by atoms with Crippen LogP contribution in [0.2, 0.25) is 0 Å². The van der Waals surface area contributed by atoms with Crippen molar-refractivity contribution in [3.05, 3.63) is 65.5 Å². The van der Waals surface area contributed by atoms with Crippen molar-refractivity contribution < 1.29 is 18.7 Å². The molecule has 144 valence electrons. The first-order valence-corrected chi connectivity index (χ1v) is 8.74. The number of ether oxygens (including phenoxy) is 1. The zero-order chi connectivity index (χ0) is 20.5. The van der Waals surface area contributed by atoms with E-state index in [4.69, 9.17) is 4.74 Å². The second kappa shape index (κ2) is 6.97. The molecule has 6 nitrogen and oxygen atoms in total. The maximum absolute atomic E-state index is 13.9. The van der Waals surface area contributed by atoms with Gasteiger partial charge in [0.05, 0.1) is 12.2 Å². The van der Waals surface area contributed by atoms with Crippen LogP contribution in [0.15, 0.2) is 48.5 Å². The van der Waals surface area contributed by atoms with Crippen LogP contribution in [-0.2, 0) is 21.6 Å². The van der Waals surface area contributed by atoms with E-state index in [1.165, 1.54) is 17.0 Å². The number of rotatable bonds is 3. The summed E-state index contributed by atoms with van der Waals surface area (Å²) < 4.78 is 19.2. The third kappa shape index (κ3) is 3.54. The van der Waals surface area contributed by atoms with E-state index in [0.717, 1.165) is 11.6 Å². The van der Waals surface area contributed by atoms with E-state index < -0.39 is 29.0 Å². The van der Waals surface area contributed by atoms with E-state index in [0.29, 0.717) is 5.69 Å². The summed E-state index contributed by atoms with van der Waals surface area (Å²) in [7, 11) is 0. The predicted molar refractivity (Wildman–Crippen MR) is 101 cm³/mol. The Morgan fingerprint density at radius 1 is 1.25 bits per heavy atom. The Bertz CT molecular complexity index is 963. The Kier molecular flexibility index (Phi) is 4.82. The predicted octanol–water partition coefficient (Wildman–Crippen LogP) is 3.62. The van der Waals surface area contributed by atoms with Crippen molar-refractivity contribution in [3.63, 3.8) is 0 Å². The Morgan fingerprint density at radius 3 is 2.54 bits per heavy atom. The van der Waals surface area contributed by atoms with Crippen molar-refractivity contribution in [2.75, 3.05) is 4.90 Å². The molecular weight excluding hydrogens is 361 g/mol. The molecule has 0 unspecified atom stereocenters. The largest absolute Gasteiger partial charge is 0.444 e. The number of benzene rings is 2. The maximum atomic E-state index is 13.9. The highest BCUT2D eigenvalue weighted by Crippen LogP contribution is 2.41. The minimum absolute atomic E-state index is 0.0850. The van der Waals surface area contributed by atoms with Crippen LogP contribution in [0, 0.1) is 17.1 Å². The Labute approximate surface area is 162 Å². The SMILES string of the molecule is CC(C)(C)OC(=O)N[C@]1(C#N)C(=O)N(Cc2ccccc2)c2ccc(F)cc21. The molecule has 0 fully saturated rings. The van der Waals surface area contributed by atoms with E-state index in [9.17, 15) is 19.2 Å². The molecule has 1 aliphatic heterocycles. The van der Waals surface area contributed by atoms with Crippen molar-refractivity contribution in [2.24, 2.45) is 0 Å². The van der Waals surface area contributed by atoms with E-state index in [1.807, 2.05) is 36.4 Å².